The van der Waals surface area contributed by atoms with Crippen LogP contribution in [0.1, 0.15) is 25.0 Å². The van der Waals surface area contributed by atoms with Gasteiger partial charge in [0.25, 0.3) is 0 Å². The topological polar surface area (TPSA) is 102 Å². The summed E-state index contributed by atoms with van der Waals surface area (Å²) in [4.78, 5) is 35.6. The Hall–Kier alpha value is -3.35. The van der Waals surface area contributed by atoms with Gasteiger partial charge in [-0.05, 0) is 17.5 Å². The number of benzene rings is 2. The molecule has 2 rings (SSSR count). The normalized spacial score (nSPS) is 11.5. The van der Waals surface area contributed by atoms with E-state index in [4.69, 9.17) is 14.6 Å². The SMILES string of the molecule is CC(C)[C@H](NC(=O)OCc1ccccc1)C(=O)Oc1ccccc1CC(=O)O. The average molecular weight is 385 g/mol. The van der Waals surface area contributed by atoms with Crippen molar-refractivity contribution in [2.24, 2.45) is 5.92 Å². The average Bonchev–Trinajstić information content (AvgIpc) is 2.66. The lowest BCUT2D eigenvalue weighted by Crippen LogP contribution is -2.46. The molecule has 0 aliphatic heterocycles. The molecular formula is C21H23NO6. The Labute approximate surface area is 163 Å². The summed E-state index contributed by atoms with van der Waals surface area (Å²) in [7, 11) is 0. The molecule has 0 aromatic heterocycles. The second kappa shape index (κ2) is 10.1. The van der Waals surface area contributed by atoms with E-state index in [2.05, 4.69) is 5.32 Å². The first-order chi connectivity index (χ1) is 13.4. The van der Waals surface area contributed by atoms with Crippen LogP contribution in [0.15, 0.2) is 54.6 Å². The molecule has 1 amide bonds. The van der Waals surface area contributed by atoms with Gasteiger partial charge in [0, 0.05) is 5.56 Å². The van der Waals surface area contributed by atoms with Crippen LogP contribution < -0.4 is 10.1 Å². The highest BCUT2D eigenvalue weighted by Gasteiger charge is 2.27. The van der Waals surface area contributed by atoms with Crippen LogP contribution in [-0.4, -0.2) is 29.2 Å². The summed E-state index contributed by atoms with van der Waals surface area (Å²) in [6.07, 6.45) is -1.01. The standard InChI is InChI=1S/C21H23NO6/c1-14(2)19(22-21(26)27-13-15-8-4-3-5-9-15)20(25)28-17-11-7-6-10-16(17)12-18(23)24/h3-11,14,19H,12-13H2,1-2H3,(H,22,26)(H,23,24)/t19-/m0/s1. The smallest absolute Gasteiger partial charge is 0.408 e. The van der Waals surface area contributed by atoms with Gasteiger partial charge in [-0.15, -0.1) is 0 Å². The second-order valence-corrected chi connectivity index (χ2v) is 6.53. The van der Waals surface area contributed by atoms with Gasteiger partial charge >= 0.3 is 18.0 Å². The first-order valence-corrected chi connectivity index (χ1v) is 8.85. The van der Waals surface area contributed by atoms with Crippen molar-refractivity contribution in [1.82, 2.24) is 5.32 Å². The van der Waals surface area contributed by atoms with E-state index < -0.39 is 24.1 Å². The van der Waals surface area contributed by atoms with E-state index in [1.54, 1.807) is 32.0 Å². The maximum Gasteiger partial charge on any atom is 0.408 e. The van der Waals surface area contributed by atoms with Gasteiger partial charge in [0.05, 0.1) is 6.42 Å². The summed E-state index contributed by atoms with van der Waals surface area (Å²) in [5.74, 6) is -1.83. The number of hydrogen-bond donors (Lipinski definition) is 2. The second-order valence-electron chi connectivity index (χ2n) is 6.53. The number of carbonyl (C=O) groups excluding carboxylic acids is 2. The number of hydrogen-bond acceptors (Lipinski definition) is 5. The van der Waals surface area contributed by atoms with Gasteiger partial charge in [-0.2, -0.15) is 0 Å². The largest absolute Gasteiger partial charge is 0.481 e. The van der Waals surface area contributed by atoms with Gasteiger partial charge in [0.2, 0.25) is 0 Å². The predicted octanol–water partition coefficient (Wildman–Crippen LogP) is 3.17. The van der Waals surface area contributed by atoms with Crippen LogP contribution in [0, 0.1) is 5.92 Å². The molecular weight excluding hydrogens is 362 g/mol. The molecule has 7 nitrogen and oxygen atoms in total. The first kappa shape index (κ1) is 21.0. The number of carboxylic acid groups (broad SMARTS) is 1. The fourth-order valence-corrected chi connectivity index (χ4v) is 2.47. The highest BCUT2D eigenvalue weighted by atomic mass is 16.6. The summed E-state index contributed by atoms with van der Waals surface area (Å²) < 4.78 is 10.5. The van der Waals surface area contributed by atoms with E-state index in [1.807, 2.05) is 30.3 Å². The van der Waals surface area contributed by atoms with Gasteiger partial charge in [-0.25, -0.2) is 9.59 Å². The Balaban J connectivity index is 2.00. The third kappa shape index (κ3) is 6.42. The number of para-hydroxylation sites is 1. The molecule has 0 saturated heterocycles. The van der Waals surface area contributed by atoms with Crippen LogP contribution in [0.5, 0.6) is 5.75 Å². The van der Waals surface area contributed by atoms with E-state index in [0.717, 1.165) is 5.56 Å². The molecule has 148 valence electrons. The number of alkyl carbamates (subject to hydrolysis) is 1. The van der Waals surface area contributed by atoms with Gasteiger partial charge in [0.1, 0.15) is 18.4 Å². The van der Waals surface area contributed by atoms with Crippen molar-refractivity contribution in [3.05, 3.63) is 65.7 Å². The number of carbonyl (C=O) groups is 3. The van der Waals surface area contributed by atoms with Crippen LogP contribution in [0.4, 0.5) is 4.79 Å². The van der Waals surface area contributed by atoms with Crippen molar-refractivity contribution < 1.29 is 29.0 Å². The number of rotatable bonds is 8. The zero-order valence-corrected chi connectivity index (χ0v) is 15.8. The molecule has 0 aliphatic rings. The number of aliphatic carboxylic acids is 1. The van der Waals surface area contributed by atoms with E-state index in [-0.39, 0.29) is 24.7 Å². The van der Waals surface area contributed by atoms with E-state index in [1.165, 1.54) is 6.07 Å². The number of ether oxygens (including phenoxy) is 2. The van der Waals surface area contributed by atoms with Crippen LogP contribution in [0.2, 0.25) is 0 Å². The minimum absolute atomic E-state index is 0.0774. The molecule has 0 spiro atoms. The monoisotopic (exact) mass is 385 g/mol. The van der Waals surface area contributed by atoms with E-state index in [9.17, 15) is 14.4 Å². The number of carboxylic acids is 1. The molecule has 0 saturated carbocycles. The lowest BCUT2D eigenvalue weighted by molar-refractivity contribution is -0.139. The van der Waals surface area contributed by atoms with Crippen molar-refractivity contribution in [3.8, 4) is 5.75 Å². The lowest BCUT2D eigenvalue weighted by Gasteiger charge is -2.21. The Kier molecular flexibility index (Phi) is 7.56. The molecule has 2 aromatic carbocycles. The maximum absolute atomic E-state index is 12.6. The maximum atomic E-state index is 12.6. The minimum Gasteiger partial charge on any atom is -0.481 e. The summed E-state index contributed by atoms with van der Waals surface area (Å²) in [6.45, 7) is 3.59. The van der Waals surface area contributed by atoms with Gasteiger partial charge < -0.3 is 19.9 Å². The zero-order chi connectivity index (χ0) is 20.5. The molecule has 0 unspecified atom stereocenters. The highest BCUT2D eigenvalue weighted by Crippen LogP contribution is 2.20. The van der Waals surface area contributed by atoms with Crippen LogP contribution in [0.3, 0.4) is 0 Å². The van der Waals surface area contributed by atoms with E-state index >= 15 is 0 Å². The fourth-order valence-electron chi connectivity index (χ4n) is 2.47. The summed E-state index contributed by atoms with van der Waals surface area (Å²) in [5, 5.41) is 11.5. The highest BCUT2D eigenvalue weighted by molar-refractivity contribution is 5.83. The Morgan fingerprint density at radius 3 is 2.29 bits per heavy atom. The quantitative estimate of drug-likeness (QED) is 0.535. The predicted molar refractivity (Wildman–Crippen MR) is 102 cm³/mol. The molecule has 2 aromatic rings. The van der Waals surface area contributed by atoms with Crippen molar-refractivity contribution in [2.75, 3.05) is 0 Å². The Morgan fingerprint density at radius 1 is 1.00 bits per heavy atom. The molecule has 0 bridgehead atoms. The lowest BCUT2D eigenvalue weighted by atomic mass is 10.0. The fraction of sp³-hybridized carbons (Fsp3) is 0.286. The summed E-state index contributed by atoms with van der Waals surface area (Å²) >= 11 is 0. The van der Waals surface area contributed by atoms with Crippen molar-refractivity contribution in [1.29, 1.82) is 0 Å². The van der Waals surface area contributed by atoms with Crippen LogP contribution >= 0.6 is 0 Å². The number of amides is 1. The number of esters is 1. The minimum atomic E-state index is -1.04. The van der Waals surface area contributed by atoms with Gasteiger partial charge in [-0.3, -0.25) is 4.79 Å². The molecule has 0 radical (unpaired) electrons. The molecule has 2 N–H and O–H groups in total. The summed E-state index contributed by atoms with van der Waals surface area (Å²) in [6, 6.07) is 14.6. The third-order valence-corrected chi connectivity index (χ3v) is 3.93. The molecule has 0 fully saturated rings. The van der Waals surface area contributed by atoms with Crippen molar-refractivity contribution in [2.45, 2.75) is 32.9 Å². The molecule has 0 heterocycles. The Bertz CT molecular complexity index is 819. The number of nitrogens with one attached hydrogen (secondary N) is 1. The molecule has 7 heteroatoms. The van der Waals surface area contributed by atoms with Crippen molar-refractivity contribution >= 4 is 18.0 Å². The van der Waals surface area contributed by atoms with Gasteiger partial charge in [-0.1, -0.05) is 62.4 Å². The first-order valence-electron chi connectivity index (χ1n) is 8.85. The van der Waals surface area contributed by atoms with Crippen molar-refractivity contribution in [3.63, 3.8) is 0 Å². The zero-order valence-electron chi connectivity index (χ0n) is 15.8. The third-order valence-electron chi connectivity index (χ3n) is 3.93. The Morgan fingerprint density at radius 2 is 1.64 bits per heavy atom. The molecule has 0 aliphatic carbocycles. The van der Waals surface area contributed by atoms with Crippen LogP contribution in [0.25, 0.3) is 0 Å². The molecule has 1 atom stereocenters. The van der Waals surface area contributed by atoms with Crippen LogP contribution in [-0.2, 0) is 27.4 Å². The van der Waals surface area contributed by atoms with E-state index in [0.29, 0.717) is 5.56 Å². The summed E-state index contributed by atoms with van der Waals surface area (Å²) in [5.41, 5.74) is 1.20. The molecule has 28 heavy (non-hydrogen) atoms. The van der Waals surface area contributed by atoms with Gasteiger partial charge in [0.15, 0.2) is 0 Å².